The Balaban J connectivity index is 3.05. The largest absolute Gasteiger partial charge is 0.383 e. The van der Waals surface area contributed by atoms with Gasteiger partial charge in [-0.3, -0.25) is 0 Å². The Morgan fingerprint density at radius 3 is 2.60 bits per heavy atom. The zero-order valence-corrected chi connectivity index (χ0v) is 7.31. The summed E-state index contributed by atoms with van der Waals surface area (Å²) in [5.41, 5.74) is 6.49. The highest BCUT2D eigenvalue weighted by Gasteiger charge is 2.08. The summed E-state index contributed by atoms with van der Waals surface area (Å²) in [5.74, 6) is 0.561. The number of nitrogens with two attached hydrogens (primary N) is 1. The topological polar surface area (TPSA) is 43.8 Å². The second-order valence-electron chi connectivity index (χ2n) is 2.05. The zero-order valence-electron chi connectivity index (χ0n) is 5.52. The van der Waals surface area contributed by atoms with Gasteiger partial charge in [-0.2, -0.15) is 21.8 Å². The third-order valence-electron chi connectivity index (χ3n) is 1.27. The van der Waals surface area contributed by atoms with Gasteiger partial charge in [-0.25, -0.2) is 0 Å². The molecule has 0 radical (unpaired) electrons. The van der Waals surface area contributed by atoms with Crippen molar-refractivity contribution >= 4 is 31.3 Å². The predicted octanol–water partition coefficient (Wildman–Crippen LogP) is 1.15. The van der Waals surface area contributed by atoms with Gasteiger partial charge in [-0.05, 0) is 19.7 Å². The number of rotatable bonds is 1. The van der Waals surface area contributed by atoms with Crippen molar-refractivity contribution in [2.45, 2.75) is 12.2 Å². The molecule has 0 aromatic carbocycles. The molecule has 1 rings (SSSR count). The van der Waals surface area contributed by atoms with Crippen molar-refractivity contribution in [1.29, 1.82) is 0 Å². The molecule has 0 spiro atoms. The number of nitrogen functional groups attached to an aromatic ring is 1. The van der Waals surface area contributed by atoms with E-state index < -0.39 is 0 Å². The number of thiol groups is 2. The minimum Gasteiger partial charge on any atom is -0.383 e. The molecule has 56 valence electrons. The van der Waals surface area contributed by atoms with Crippen LogP contribution in [0.3, 0.4) is 0 Å². The Labute approximate surface area is 70.6 Å². The van der Waals surface area contributed by atoms with Crippen LogP contribution in [0.2, 0.25) is 0 Å². The van der Waals surface area contributed by atoms with Gasteiger partial charge >= 0.3 is 0 Å². The number of nitrogens with zero attached hydrogens (tertiary/aromatic N) is 2. The lowest BCUT2D eigenvalue weighted by Gasteiger charge is -2.00. The first-order valence-electron chi connectivity index (χ1n) is 2.83. The van der Waals surface area contributed by atoms with E-state index in [4.69, 9.17) is 5.73 Å². The van der Waals surface area contributed by atoms with Gasteiger partial charge in [0.15, 0.2) is 0 Å². The molecule has 0 fully saturated rings. The summed E-state index contributed by atoms with van der Waals surface area (Å²) in [6.07, 6.45) is 1.67. The van der Waals surface area contributed by atoms with Crippen molar-refractivity contribution in [3.05, 3.63) is 11.8 Å². The fourth-order valence-corrected chi connectivity index (χ4v) is 1.05. The average molecular weight is 175 g/mol. The molecule has 1 heterocycles. The number of hydrogen-bond donors (Lipinski definition) is 3. The van der Waals surface area contributed by atoms with Crippen LogP contribution in [-0.2, 0) is 0 Å². The summed E-state index contributed by atoms with van der Waals surface area (Å²) in [6.45, 7) is 1.93. The third kappa shape index (κ3) is 1.24. The molecule has 0 saturated heterocycles. The highest BCUT2D eigenvalue weighted by Crippen LogP contribution is 2.24. The first kappa shape index (κ1) is 7.81. The van der Waals surface area contributed by atoms with Crippen molar-refractivity contribution in [1.82, 2.24) is 9.19 Å². The van der Waals surface area contributed by atoms with Crippen molar-refractivity contribution in [3.8, 4) is 0 Å². The van der Waals surface area contributed by atoms with E-state index in [0.717, 1.165) is 5.56 Å². The number of anilines is 1. The van der Waals surface area contributed by atoms with E-state index in [0.29, 0.717) is 5.82 Å². The van der Waals surface area contributed by atoms with Gasteiger partial charge in [0.25, 0.3) is 0 Å². The fraction of sp³-hybridized carbons (Fsp3) is 0.400. The second kappa shape index (κ2) is 2.75. The first-order valence-corrected chi connectivity index (χ1v) is 3.75. The maximum atomic E-state index is 5.58. The molecule has 1 unspecified atom stereocenters. The lowest BCUT2D eigenvalue weighted by atomic mass is 10.2. The molecule has 1 aromatic rings. The third-order valence-corrected chi connectivity index (χ3v) is 1.86. The molecule has 0 saturated carbocycles. The second-order valence-corrected chi connectivity index (χ2v) is 3.20. The van der Waals surface area contributed by atoms with Crippen LogP contribution < -0.4 is 5.73 Å². The first-order chi connectivity index (χ1) is 4.63. The highest BCUT2D eigenvalue weighted by atomic mass is 32.1. The lowest BCUT2D eigenvalue weighted by molar-refractivity contribution is 1.03. The predicted molar refractivity (Wildman–Crippen MR) is 48.4 cm³/mol. The Morgan fingerprint density at radius 1 is 1.80 bits per heavy atom. The molecule has 0 amide bonds. The van der Waals surface area contributed by atoms with Crippen LogP contribution in [0, 0.1) is 0 Å². The van der Waals surface area contributed by atoms with E-state index in [2.05, 4.69) is 30.5 Å². The summed E-state index contributed by atoms with van der Waals surface area (Å²) in [4.78, 5) is 0. The van der Waals surface area contributed by atoms with Crippen LogP contribution in [0.15, 0.2) is 6.20 Å². The maximum Gasteiger partial charge on any atom is 0.138 e. The summed E-state index contributed by atoms with van der Waals surface area (Å²) >= 11 is 8.16. The Kier molecular flexibility index (Phi) is 2.15. The molecule has 0 aliphatic rings. The molecule has 0 aliphatic carbocycles. The quantitative estimate of drug-likeness (QED) is 0.561. The Morgan fingerprint density at radius 2 is 2.40 bits per heavy atom. The highest BCUT2D eigenvalue weighted by molar-refractivity contribution is 7.80. The van der Waals surface area contributed by atoms with Gasteiger partial charge < -0.3 is 5.73 Å². The van der Waals surface area contributed by atoms with Crippen molar-refractivity contribution in [2.75, 3.05) is 5.73 Å². The van der Waals surface area contributed by atoms with Gasteiger partial charge in [0.1, 0.15) is 5.82 Å². The van der Waals surface area contributed by atoms with E-state index in [-0.39, 0.29) is 5.25 Å². The van der Waals surface area contributed by atoms with E-state index >= 15 is 0 Å². The maximum absolute atomic E-state index is 5.58. The normalized spacial score (nSPS) is 13.5. The standard InChI is InChI=1S/C5H9N3S2/c1-3(9)4-2-7-8(10)5(4)6/h2-3,9-10H,6H2,1H3. The van der Waals surface area contributed by atoms with Gasteiger partial charge in [0, 0.05) is 10.8 Å². The van der Waals surface area contributed by atoms with Gasteiger partial charge in [0.05, 0.1) is 6.20 Å². The molecular formula is C5H9N3S2. The Hall–Kier alpha value is -0.290. The van der Waals surface area contributed by atoms with Crippen molar-refractivity contribution < 1.29 is 0 Å². The molecule has 3 nitrogen and oxygen atoms in total. The summed E-state index contributed by atoms with van der Waals surface area (Å²) < 4.78 is 1.34. The smallest absolute Gasteiger partial charge is 0.138 e. The van der Waals surface area contributed by atoms with E-state index in [1.807, 2.05) is 6.92 Å². The molecule has 5 heteroatoms. The molecule has 0 aliphatic heterocycles. The van der Waals surface area contributed by atoms with Crippen LogP contribution in [0.5, 0.6) is 0 Å². The number of hydrogen-bond acceptors (Lipinski definition) is 4. The molecule has 1 atom stereocenters. The molecule has 10 heavy (non-hydrogen) atoms. The molecule has 1 aromatic heterocycles. The van der Waals surface area contributed by atoms with Crippen molar-refractivity contribution in [2.24, 2.45) is 0 Å². The summed E-state index contributed by atoms with van der Waals surface area (Å²) in [6, 6.07) is 0. The fourth-order valence-electron chi connectivity index (χ4n) is 0.683. The van der Waals surface area contributed by atoms with E-state index in [9.17, 15) is 0 Å². The van der Waals surface area contributed by atoms with Crippen molar-refractivity contribution in [3.63, 3.8) is 0 Å². The van der Waals surface area contributed by atoms with Crippen LogP contribution in [0.4, 0.5) is 5.82 Å². The van der Waals surface area contributed by atoms with Crippen LogP contribution >= 0.6 is 25.4 Å². The monoisotopic (exact) mass is 175 g/mol. The van der Waals surface area contributed by atoms with Crippen LogP contribution in [-0.4, -0.2) is 9.19 Å². The van der Waals surface area contributed by atoms with Crippen LogP contribution in [0.1, 0.15) is 17.7 Å². The lowest BCUT2D eigenvalue weighted by Crippen LogP contribution is -1.95. The SMILES string of the molecule is CC(S)c1cnn(S)c1N. The zero-order chi connectivity index (χ0) is 7.72. The van der Waals surface area contributed by atoms with E-state index in [1.165, 1.54) is 4.09 Å². The average Bonchev–Trinajstić information content (AvgIpc) is 2.14. The van der Waals surface area contributed by atoms with Gasteiger partial charge in [-0.15, -0.1) is 0 Å². The van der Waals surface area contributed by atoms with Gasteiger partial charge in [0.2, 0.25) is 0 Å². The van der Waals surface area contributed by atoms with Gasteiger partial charge in [-0.1, -0.05) is 0 Å². The minimum absolute atomic E-state index is 0.112. The van der Waals surface area contributed by atoms with Crippen LogP contribution in [0.25, 0.3) is 0 Å². The number of aromatic nitrogens is 2. The molecule has 2 N–H and O–H groups in total. The molecule has 0 bridgehead atoms. The minimum atomic E-state index is 0.112. The Bertz CT molecular complexity index is 231. The summed E-state index contributed by atoms with van der Waals surface area (Å²) in [7, 11) is 0. The molecular weight excluding hydrogens is 166 g/mol. The van der Waals surface area contributed by atoms with E-state index in [1.54, 1.807) is 6.20 Å². The summed E-state index contributed by atoms with van der Waals surface area (Å²) in [5, 5.41) is 3.96.